The van der Waals surface area contributed by atoms with Gasteiger partial charge >= 0.3 is 0 Å². The van der Waals surface area contributed by atoms with Crippen molar-refractivity contribution in [1.82, 2.24) is 15.1 Å². The van der Waals surface area contributed by atoms with Crippen LogP contribution in [0.25, 0.3) is 0 Å². The van der Waals surface area contributed by atoms with E-state index in [4.69, 9.17) is 0 Å². The van der Waals surface area contributed by atoms with Crippen molar-refractivity contribution in [3.8, 4) is 0 Å². The predicted molar refractivity (Wildman–Crippen MR) is 83.7 cm³/mol. The summed E-state index contributed by atoms with van der Waals surface area (Å²) in [7, 11) is 4.33. The maximum absolute atomic E-state index is 3.23. The molecule has 2 heterocycles. The topological polar surface area (TPSA) is 18.5 Å². The van der Waals surface area contributed by atoms with Crippen LogP contribution in [-0.2, 0) is 13.1 Å². The number of nitrogens with zero attached hydrogens (tertiary/aromatic N) is 2. The number of fused-ring (bicyclic) bond motifs is 2. The molecule has 0 aliphatic carbocycles. The molecule has 3 nitrogen and oxygen atoms in total. The predicted octanol–water partition coefficient (Wildman–Crippen LogP) is 2.07. The minimum absolute atomic E-state index is 0.781. The molecule has 20 heavy (non-hydrogen) atoms. The molecule has 3 heteroatoms. The fraction of sp³-hybridized carbons (Fsp3) is 0.647. The zero-order chi connectivity index (χ0) is 13.9. The molecule has 2 unspecified atom stereocenters. The van der Waals surface area contributed by atoms with E-state index in [1.54, 1.807) is 0 Å². The van der Waals surface area contributed by atoms with Gasteiger partial charge in [-0.25, -0.2) is 0 Å². The third kappa shape index (κ3) is 3.05. The summed E-state index contributed by atoms with van der Waals surface area (Å²) in [6, 6.07) is 10.6. The van der Waals surface area contributed by atoms with Gasteiger partial charge in [0.25, 0.3) is 0 Å². The molecule has 2 aliphatic rings. The van der Waals surface area contributed by atoms with Crippen LogP contribution in [0.5, 0.6) is 0 Å². The van der Waals surface area contributed by atoms with Gasteiger partial charge < -0.3 is 5.32 Å². The van der Waals surface area contributed by atoms with Crippen molar-refractivity contribution in [2.45, 2.75) is 44.4 Å². The van der Waals surface area contributed by atoms with Gasteiger partial charge in [0.15, 0.2) is 0 Å². The Morgan fingerprint density at radius 1 is 1.15 bits per heavy atom. The Morgan fingerprint density at radius 3 is 2.80 bits per heavy atom. The zero-order valence-corrected chi connectivity index (χ0v) is 12.8. The number of benzene rings is 1. The van der Waals surface area contributed by atoms with Crippen LogP contribution in [0.3, 0.4) is 0 Å². The molecule has 0 radical (unpaired) electrons. The first-order chi connectivity index (χ1) is 9.76. The van der Waals surface area contributed by atoms with Crippen molar-refractivity contribution in [3.63, 3.8) is 0 Å². The molecule has 2 atom stereocenters. The normalized spacial score (nSPS) is 27.7. The molecule has 1 aromatic carbocycles. The van der Waals surface area contributed by atoms with Gasteiger partial charge in [-0.05, 0) is 44.5 Å². The Bertz CT molecular complexity index is 446. The van der Waals surface area contributed by atoms with E-state index in [0.29, 0.717) is 0 Å². The van der Waals surface area contributed by atoms with Crippen LogP contribution in [-0.4, -0.2) is 49.1 Å². The Morgan fingerprint density at radius 2 is 1.95 bits per heavy atom. The number of rotatable bonds is 4. The van der Waals surface area contributed by atoms with Crippen LogP contribution < -0.4 is 5.32 Å². The fourth-order valence-electron chi connectivity index (χ4n) is 3.82. The second-order valence-corrected chi connectivity index (χ2v) is 6.42. The Balaban J connectivity index is 1.64. The van der Waals surface area contributed by atoms with Crippen molar-refractivity contribution >= 4 is 0 Å². The van der Waals surface area contributed by atoms with E-state index < -0.39 is 0 Å². The summed E-state index contributed by atoms with van der Waals surface area (Å²) >= 11 is 0. The molecular formula is C17H27N3. The largest absolute Gasteiger partial charge is 0.316 e. The van der Waals surface area contributed by atoms with Crippen molar-refractivity contribution in [2.24, 2.45) is 0 Å². The molecule has 0 aromatic heterocycles. The first kappa shape index (κ1) is 14.1. The smallest absolute Gasteiger partial charge is 0.0234 e. The van der Waals surface area contributed by atoms with Crippen molar-refractivity contribution < 1.29 is 0 Å². The van der Waals surface area contributed by atoms with Crippen LogP contribution in [0, 0.1) is 0 Å². The van der Waals surface area contributed by atoms with E-state index >= 15 is 0 Å². The molecule has 2 saturated heterocycles. The fourth-order valence-corrected chi connectivity index (χ4v) is 3.82. The van der Waals surface area contributed by atoms with Crippen molar-refractivity contribution in [3.05, 3.63) is 35.4 Å². The van der Waals surface area contributed by atoms with Gasteiger partial charge in [0, 0.05) is 38.3 Å². The van der Waals surface area contributed by atoms with E-state index in [2.05, 4.69) is 46.4 Å². The number of hydrogen-bond donors (Lipinski definition) is 1. The van der Waals surface area contributed by atoms with Gasteiger partial charge in [0.2, 0.25) is 0 Å². The lowest BCUT2D eigenvalue weighted by atomic mass is 10.1. The number of nitrogens with one attached hydrogen (secondary N) is 1. The monoisotopic (exact) mass is 273 g/mol. The minimum atomic E-state index is 0.781. The van der Waals surface area contributed by atoms with Gasteiger partial charge in [-0.3, -0.25) is 9.80 Å². The number of likely N-dealkylation sites (tertiary alicyclic amines) is 1. The summed E-state index contributed by atoms with van der Waals surface area (Å²) in [5.74, 6) is 0. The van der Waals surface area contributed by atoms with Gasteiger partial charge in [-0.1, -0.05) is 24.3 Å². The molecule has 2 aliphatic heterocycles. The third-order valence-electron chi connectivity index (χ3n) is 5.01. The molecule has 1 aromatic rings. The second-order valence-electron chi connectivity index (χ2n) is 6.42. The highest BCUT2D eigenvalue weighted by Gasteiger charge is 2.34. The molecule has 0 amide bonds. The maximum atomic E-state index is 3.23. The molecule has 1 N–H and O–H groups in total. The molecule has 3 rings (SSSR count). The Labute approximate surface area is 123 Å². The average Bonchev–Trinajstić information content (AvgIpc) is 2.68. The standard InChI is InChI=1S/C17H27N3/c1-18-11-14-4-3-5-15(10-14)12-20-9-8-16-6-7-17(13-20)19(16)2/h3-5,10,16-18H,6-9,11-13H2,1-2H3. The SMILES string of the molecule is CNCc1cccc(CN2CCC3CCC(C2)N3C)c1. The van der Waals surface area contributed by atoms with Crippen molar-refractivity contribution in [1.29, 1.82) is 0 Å². The molecule has 2 fully saturated rings. The van der Waals surface area contributed by atoms with E-state index in [1.807, 2.05) is 7.05 Å². The quantitative estimate of drug-likeness (QED) is 0.906. The van der Waals surface area contributed by atoms with E-state index in [-0.39, 0.29) is 0 Å². The van der Waals surface area contributed by atoms with Crippen molar-refractivity contribution in [2.75, 3.05) is 27.2 Å². The maximum Gasteiger partial charge on any atom is 0.0234 e. The summed E-state index contributed by atoms with van der Waals surface area (Å²) < 4.78 is 0. The van der Waals surface area contributed by atoms with Gasteiger partial charge in [-0.15, -0.1) is 0 Å². The minimum Gasteiger partial charge on any atom is -0.316 e. The van der Waals surface area contributed by atoms with E-state index in [1.165, 1.54) is 43.5 Å². The summed E-state index contributed by atoms with van der Waals surface area (Å²) in [6.07, 6.45) is 4.13. The first-order valence-corrected chi connectivity index (χ1v) is 7.93. The number of likely N-dealkylation sites (N-methyl/N-ethyl adjacent to an activating group) is 1. The molecule has 0 saturated carbocycles. The van der Waals surface area contributed by atoms with Gasteiger partial charge in [-0.2, -0.15) is 0 Å². The zero-order valence-electron chi connectivity index (χ0n) is 12.8. The van der Waals surface area contributed by atoms with E-state index in [0.717, 1.165) is 25.2 Å². The third-order valence-corrected chi connectivity index (χ3v) is 5.01. The van der Waals surface area contributed by atoms with Crippen LogP contribution >= 0.6 is 0 Å². The first-order valence-electron chi connectivity index (χ1n) is 7.93. The van der Waals surface area contributed by atoms with Crippen LogP contribution in [0.15, 0.2) is 24.3 Å². The summed E-state index contributed by atoms with van der Waals surface area (Å²) in [5.41, 5.74) is 2.84. The Kier molecular flexibility index (Phi) is 4.39. The average molecular weight is 273 g/mol. The lowest BCUT2D eigenvalue weighted by Crippen LogP contribution is -2.36. The lowest BCUT2D eigenvalue weighted by Gasteiger charge is -2.25. The summed E-state index contributed by atoms with van der Waals surface area (Å²) in [6.45, 7) is 4.56. The molecule has 110 valence electrons. The second kappa shape index (κ2) is 6.25. The van der Waals surface area contributed by atoms with Gasteiger partial charge in [0.1, 0.15) is 0 Å². The number of hydrogen-bond acceptors (Lipinski definition) is 3. The highest BCUT2D eigenvalue weighted by Crippen LogP contribution is 2.29. The van der Waals surface area contributed by atoms with Crippen LogP contribution in [0.4, 0.5) is 0 Å². The summed E-state index contributed by atoms with van der Waals surface area (Å²) in [4.78, 5) is 5.27. The molecule has 0 spiro atoms. The molecular weight excluding hydrogens is 246 g/mol. The van der Waals surface area contributed by atoms with E-state index in [9.17, 15) is 0 Å². The summed E-state index contributed by atoms with van der Waals surface area (Å²) in [5, 5.41) is 3.23. The van der Waals surface area contributed by atoms with Gasteiger partial charge in [0.05, 0.1) is 0 Å². The molecule has 2 bridgehead atoms. The van der Waals surface area contributed by atoms with Crippen LogP contribution in [0.1, 0.15) is 30.4 Å². The Hall–Kier alpha value is -0.900. The highest BCUT2D eigenvalue weighted by atomic mass is 15.3. The van der Waals surface area contributed by atoms with Crippen LogP contribution in [0.2, 0.25) is 0 Å². The lowest BCUT2D eigenvalue weighted by molar-refractivity contribution is 0.214. The highest BCUT2D eigenvalue weighted by molar-refractivity contribution is 5.23.